The topological polar surface area (TPSA) is 42.6 Å². The van der Waals surface area contributed by atoms with Crippen molar-refractivity contribution in [3.05, 3.63) is 24.2 Å². The third-order valence-corrected chi connectivity index (χ3v) is 2.87. The minimum atomic E-state index is -0.817. The SMILES string of the molecule is CCC1CC(O)(c2ccco2)CCO1. The van der Waals surface area contributed by atoms with Crippen molar-refractivity contribution < 1.29 is 14.3 Å². The average Bonchev–Trinajstić information content (AvgIpc) is 2.71. The Labute approximate surface area is 83.7 Å². The number of rotatable bonds is 2. The highest BCUT2D eigenvalue weighted by atomic mass is 16.5. The van der Waals surface area contributed by atoms with Gasteiger partial charge in [0.15, 0.2) is 0 Å². The van der Waals surface area contributed by atoms with Crippen molar-refractivity contribution >= 4 is 0 Å². The first kappa shape index (κ1) is 9.74. The van der Waals surface area contributed by atoms with E-state index in [1.54, 1.807) is 6.26 Å². The van der Waals surface area contributed by atoms with Crippen molar-refractivity contribution in [3.8, 4) is 0 Å². The van der Waals surface area contributed by atoms with Gasteiger partial charge in [-0.15, -0.1) is 0 Å². The van der Waals surface area contributed by atoms with E-state index in [0.29, 0.717) is 25.2 Å². The predicted octanol–water partition coefficient (Wildman–Crippen LogP) is 2.06. The Morgan fingerprint density at radius 2 is 2.50 bits per heavy atom. The first-order valence-electron chi connectivity index (χ1n) is 5.12. The molecule has 0 bridgehead atoms. The van der Waals surface area contributed by atoms with Gasteiger partial charge in [-0.2, -0.15) is 0 Å². The Morgan fingerprint density at radius 3 is 3.14 bits per heavy atom. The molecule has 0 spiro atoms. The summed E-state index contributed by atoms with van der Waals surface area (Å²) in [4.78, 5) is 0. The molecular weight excluding hydrogens is 180 g/mol. The second-order valence-electron chi connectivity index (χ2n) is 3.86. The molecule has 1 aromatic rings. The van der Waals surface area contributed by atoms with E-state index in [1.165, 1.54) is 0 Å². The van der Waals surface area contributed by atoms with Crippen molar-refractivity contribution in [3.63, 3.8) is 0 Å². The molecule has 3 heteroatoms. The largest absolute Gasteiger partial charge is 0.466 e. The van der Waals surface area contributed by atoms with E-state index >= 15 is 0 Å². The lowest BCUT2D eigenvalue weighted by Crippen LogP contribution is -2.38. The van der Waals surface area contributed by atoms with Crippen molar-refractivity contribution in [1.82, 2.24) is 0 Å². The highest BCUT2D eigenvalue weighted by molar-refractivity contribution is 5.10. The zero-order valence-electron chi connectivity index (χ0n) is 8.40. The molecule has 1 aliphatic rings. The monoisotopic (exact) mass is 196 g/mol. The van der Waals surface area contributed by atoms with Crippen molar-refractivity contribution in [2.24, 2.45) is 0 Å². The van der Waals surface area contributed by atoms with Gasteiger partial charge in [-0.1, -0.05) is 6.92 Å². The normalized spacial score (nSPS) is 33.1. The summed E-state index contributed by atoms with van der Waals surface area (Å²) in [6, 6.07) is 3.64. The van der Waals surface area contributed by atoms with Gasteiger partial charge in [0.2, 0.25) is 0 Å². The average molecular weight is 196 g/mol. The van der Waals surface area contributed by atoms with Gasteiger partial charge >= 0.3 is 0 Å². The smallest absolute Gasteiger partial charge is 0.135 e. The lowest BCUT2D eigenvalue weighted by Gasteiger charge is -2.35. The van der Waals surface area contributed by atoms with Crippen LogP contribution in [0.2, 0.25) is 0 Å². The van der Waals surface area contributed by atoms with Crippen molar-refractivity contribution in [1.29, 1.82) is 0 Å². The van der Waals surface area contributed by atoms with Crippen LogP contribution in [-0.2, 0) is 10.3 Å². The van der Waals surface area contributed by atoms with Crippen LogP contribution in [0.25, 0.3) is 0 Å². The van der Waals surface area contributed by atoms with E-state index < -0.39 is 5.60 Å². The van der Waals surface area contributed by atoms with Crippen LogP contribution in [-0.4, -0.2) is 17.8 Å². The van der Waals surface area contributed by atoms with Crippen LogP contribution in [0.3, 0.4) is 0 Å². The fraction of sp³-hybridized carbons (Fsp3) is 0.636. The minimum absolute atomic E-state index is 0.152. The van der Waals surface area contributed by atoms with Gasteiger partial charge in [-0.25, -0.2) is 0 Å². The second-order valence-corrected chi connectivity index (χ2v) is 3.86. The molecule has 0 aliphatic carbocycles. The van der Waals surface area contributed by atoms with Gasteiger partial charge in [0.25, 0.3) is 0 Å². The van der Waals surface area contributed by atoms with E-state index in [4.69, 9.17) is 9.15 Å². The fourth-order valence-corrected chi connectivity index (χ4v) is 1.96. The van der Waals surface area contributed by atoms with Gasteiger partial charge in [0.1, 0.15) is 11.4 Å². The number of furan rings is 1. The molecule has 14 heavy (non-hydrogen) atoms. The van der Waals surface area contributed by atoms with E-state index in [1.807, 2.05) is 12.1 Å². The second kappa shape index (κ2) is 3.75. The van der Waals surface area contributed by atoms with E-state index in [9.17, 15) is 5.11 Å². The Morgan fingerprint density at radius 1 is 1.64 bits per heavy atom. The zero-order valence-corrected chi connectivity index (χ0v) is 8.40. The van der Waals surface area contributed by atoms with Crippen LogP contribution in [0.15, 0.2) is 22.8 Å². The third-order valence-electron chi connectivity index (χ3n) is 2.87. The van der Waals surface area contributed by atoms with E-state index in [-0.39, 0.29) is 6.10 Å². The molecule has 2 unspecified atom stereocenters. The van der Waals surface area contributed by atoms with Crippen LogP contribution >= 0.6 is 0 Å². The summed E-state index contributed by atoms with van der Waals surface area (Å²) >= 11 is 0. The maximum Gasteiger partial charge on any atom is 0.135 e. The molecular formula is C11H16O3. The number of hydrogen-bond acceptors (Lipinski definition) is 3. The maximum atomic E-state index is 10.4. The third kappa shape index (κ3) is 1.70. The highest BCUT2D eigenvalue weighted by Crippen LogP contribution is 2.35. The fourth-order valence-electron chi connectivity index (χ4n) is 1.96. The van der Waals surface area contributed by atoms with Gasteiger partial charge in [-0.05, 0) is 18.6 Å². The zero-order chi connectivity index (χ0) is 10.0. The quantitative estimate of drug-likeness (QED) is 0.787. The number of aliphatic hydroxyl groups is 1. The molecule has 1 N–H and O–H groups in total. The highest BCUT2D eigenvalue weighted by Gasteiger charge is 2.38. The summed E-state index contributed by atoms with van der Waals surface area (Å²) in [5.41, 5.74) is -0.817. The summed E-state index contributed by atoms with van der Waals surface area (Å²) in [5.74, 6) is 0.666. The molecule has 2 heterocycles. The first-order chi connectivity index (χ1) is 6.74. The van der Waals surface area contributed by atoms with Crippen LogP contribution in [0.5, 0.6) is 0 Å². The summed E-state index contributed by atoms with van der Waals surface area (Å²) in [6.45, 7) is 2.67. The molecule has 0 saturated carbocycles. The van der Waals surface area contributed by atoms with Crippen LogP contribution < -0.4 is 0 Å². The van der Waals surface area contributed by atoms with Crippen LogP contribution in [0.1, 0.15) is 31.9 Å². The van der Waals surface area contributed by atoms with Gasteiger partial charge < -0.3 is 14.3 Å². The van der Waals surface area contributed by atoms with Crippen LogP contribution in [0.4, 0.5) is 0 Å². The molecule has 0 aromatic carbocycles. The molecule has 2 rings (SSSR count). The lowest BCUT2D eigenvalue weighted by atomic mass is 9.87. The van der Waals surface area contributed by atoms with Crippen LogP contribution in [0, 0.1) is 0 Å². The molecule has 0 amide bonds. The van der Waals surface area contributed by atoms with Gasteiger partial charge in [0, 0.05) is 12.8 Å². The summed E-state index contributed by atoms with van der Waals surface area (Å²) < 4.78 is 10.8. The number of ether oxygens (including phenoxy) is 1. The Kier molecular flexibility index (Phi) is 2.61. The molecule has 0 radical (unpaired) electrons. The molecule has 1 aromatic heterocycles. The Bertz CT molecular complexity index is 281. The lowest BCUT2D eigenvalue weighted by molar-refractivity contribution is -0.117. The van der Waals surface area contributed by atoms with E-state index in [0.717, 1.165) is 6.42 Å². The summed E-state index contributed by atoms with van der Waals surface area (Å²) in [5, 5.41) is 10.4. The first-order valence-corrected chi connectivity index (χ1v) is 5.12. The van der Waals surface area contributed by atoms with E-state index in [2.05, 4.69) is 6.92 Å². The van der Waals surface area contributed by atoms with Crippen molar-refractivity contribution in [2.75, 3.05) is 6.61 Å². The minimum Gasteiger partial charge on any atom is -0.466 e. The van der Waals surface area contributed by atoms with Crippen molar-refractivity contribution in [2.45, 2.75) is 37.9 Å². The number of hydrogen-bond donors (Lipinski definition) is 1. The molecule has 78 valence electrons. The summed E-state index contributed by atoms with van der Waals surface area (Å²) in [7, 11) is 0. The van der Waals surface area contributed by atoms with Gasteiger partial charge in [0.05, 0.1) is 19.0 Å². The molecule has 2 atom stereocenters. The molecule has 3 nitrogen and oxygen atoms in total. The summed E-state index contributed by atoms with van der Waals surface area (Å²) in [6.07, 6.45) is 3.94. The molecule has 1 fully saturated rings. The maximum absolute atomic E-state index is 10.4. The Balaban J connectivity index is 2.15. The van der Waals surface area contributed by atoms with Gasteiger partial charge in [-0.3, -0.25) is 0 Å². The standard InChI is InChI=1S/C11H16O3/c1-2-9-8-11(12,5-7-13-9)10-4-3-6-14-10/h3-4,6,9,12H,2,5,7-8H2,1H3. The molecule has 1 aliphatic heterocycles. The Hall–Kier alpha value is -0.800. The molecule has 1 saturated heterocycles. The predicted molar refractivity (Wildman–Crippen MR) is 51.9 cm³/mol.